The van der Waals surface area contributed by atoms with E-state index < -0.39 is 0 Å². The van der Waals surface area contributed by atoms with Crippen LogP contribution in [-0.2, 0) is 6.42 Å². The van der Waals surface area contributed by atoms with Crippen molar-refractivity contribution in [1.29, 1.82) is 0 Å². The second-order valence-electron chi connectivity index (χ2n) is 8.33. The fraction of sp³-hybridized carbons (Fsp3) is 0.727. The van der Waals surface area contributed by atoms with Crippen LogP contribution in [0.25, 0.3) is 0 Å². The maximum absolute atomic E-state index is 3.67. The van der Waals surface area contributed by atoms with Crippen LogP contribution in [0.1, 0.15) is 56.9 Å². The molecule has 0 aromatic heterocycles. The van der Waals surface area contributed by atoms with Crippen LogP contribution in [0.3, 0.4) is 0 Å². The molecule has 3 aliphatic heterocycles. The third-order valence-corrected chi connectivity index (χ3v) is 6.57. The van der Waals surface area contributed by atoms with Gasteiger partial charge in [-0.05, 0) is 82.3 Å². The Morgan fingerprint density at radius 1 is 0.800 bits per heavy atom. The van der Waals surface area contributed by atoms with Crippen LogP contribution in [0.15, 0.2) is 24.3 Å². The Hall–Kier alpha value is -1.06. The van der Waals surface area contributed by atoms with Crippen molar-refractivity contribution in [2.45, 2.75) is 69.9 Å². The summed E-state index contributed by atoms with van der Waals surface area (Å²) in [4.78, 5) is 5.37. The first kappa shape index (κ1) is 17.4. The maximum Gasteiger partial charge on any atom is 0.0366 e. The predicted molar refractivity (Wildman–Crippen MR) is 106 cm³/mol. The Kier molecular flexibility index (Phi) is 5.94. The Morgan fingerprint density at radius 2 is 1.56 bits per heavy atom. The highest BCUT2D eigenvalue weighted by molar-refractivity contribution is 5.48. The standard InChI is InChI=1S/C22H35N3/c1-4-14-24(15-5-1)22-11-16-25(17-12-22)21-9-7-19(8-10-21)18-20-6-2-3-13-23-20/h7-10,20,22-23H,1-6,11-18H2. The monoisotopic (exact) mass is 341 g/mol. The molecule has 1 atom stereocenters. The van der Waals surface area contributed by atoms with Crippen molar-refractivity contribution < 1.29 is 0 Å². The van der Waals surface area contributed by atoms with Crippen LogP contribution >= 0.6 is 0 Å². The summed E-state index contributed by atoms with van der Waals surface area (Å²) in [5.74, 6) is 0. The van der Waals surface area contributed by atoms with Gasteiger partial charge in [0.05, 0.1) is 0 Å². The number of anilines is 1. The smallest absolute Gasteiger partial charge is 0.0366 e. The van der Waals surface area contributed by atoms with Gasteiger partial charge in [0.25, 0.3) is 0 Å². The molecule has 3 heterocycles. The van der Waals surface area contributed by atoms with Crippen LogP contribution in [0, 0.1) is 0 Å². The highest BCUT2D eigenvalue weighted by atomic mass is 15.2. The van der Waals surface area contributed by atoms with E-state index in [2.05, 4.69) is 39.4 Å². The molecule has 25 heavy (non-hydrogen) atoms. The summed E-state index contributed by atoms with van der Waals surface area (Å²) in [6.45, 7) is 6.34. The molecular weight excluding hydrogens is 306 g/mol. The van der Waals surface area contributed by atoms with E-state index in [4.69, 9.17) is 0 Å². The van der Waals surface area contributed by atoms with Crippen LogP contribution < -0.4 is 10.2 Å². The van der Waals surface area contributed by atoms with E-state index in [1.807, 2.05) is 0 Å². The van der Waals surface area contributed by atoms with Gasteiger partial charge in [0.2, 0.25) is 0 Å². The van der Waals surface area contributed by atoms with Crippen molar-refractivity contribution in [3.63, 3.8) is 0 Å². The lowest BCUT2D eigenvalue weighted by Crippen LogP contribution is -2.46. The number of nitrogens with zero attached hydrogens (tertiary/aromatic N) is 2. The first-order valence-electron chi connectivity index (χ1n) is 10.7. The van der Waals surface area contributed by atoms with Gasteiger partial charge in [-0.2, -0.15) is 0 Å². The SMILES string of the molecule is c1cc(N2CCC(N3CCCCC3)CC2)ccc1CC1CCCCN1. The molecule has 0 bridgehead atoms. The van der Waals surface area contributed by atoms with Crippen molar-refractivity contribution in [3.8, 4) is 0 Å². The van der Waals surface area contributed by atoms with Gasteiger partial charge in [-0.1, -0.05) is 25.0 Å². The van der Waals surface area contributed by atoms with Gasteiger partial charge in [0, 0.05) is 30.9 Å². The van der Waals surface area contributed by atoms with E-state index in [1.54, 1.807) is 0 Å². The van der Waals surface area contributed by atoms with Gasteiger partial charge in [0.15, 0.2) is 0 Å². The number of nitrogens with one attached hydrogen (secondary N) is 1. The summed E-state index contributed by atoms with van der Waals surface area (Å²) in [5.41, 5.74) is 2.92. The fourth-order valence-corrected chi connectivity index (χ4v) is 5.00. The number of hydrogen-bond acceptors (Lipinski definition) is 3. The minimum Gasteiger partial charge on any atom is -0.371 e. The van der Waals surface area contributed by atoms with E-state index in [9.17, 15) is 0 Å². The van der Waals surface area contributed by atoms with Gasteiger partial charge >= 0.3 is 0 Å². The zero-order valence-electron chi connectivity index (χ0n) is 15.8. The van der Waals surface area contributed by atoms with E-state index in [1.165, 1.54) is 102 Å². The molecule has 4 rings (SSSR count). The van der Waals surface area contributed by atoms with Crippen molar-refractivity contribution >= 4 is 5.69 Å². The molecule has 1 unspecified atom stereocenters. The molecule has 1 N–H and O–H groups in total. The van der Waals surface area contributed by atoms with Crippen molar-refractivity contribution in [2.24, 2.45) is 0 Å². The average Bonchev–Trinajstić information content (AvgIpc) is 2.70. The van der Waals surface area contributed by atoms with Crippen LogP contribution in [0.4, 0.5) is 5.69 Å². The molecule has 1 aromatic rings. The summed E-state index contributed by atoms with van der Waals surface area (Å²) >= 11 is 0. The fourth-order valence-electron chi connectivity index (χ4n) is 5.00. The molecule has 3 aliphatic rings. The molecule has 3 nitrogen and oxygen atoms in total. The number of hydrogen-bond donors (Lipinski definition) is 1. The lowest BCUT2D eigenvalue weighted by Gasteiger charge is -2.41. The van der Waals surface area contributed by atoms with Gasteiger partial charge in [-0.3, -0.25) is 0 Å². The topological polar surface area (TPSA) is 18.5 Å². The van der Waals surface area contributed by atoms with Gasteiger partial charge in [-0.25, -0.2) is 0 Å². The van der Waals surface area contributed by atoms with E-state index in [-0.39, 0.29) is 0 Å². The molecule has 1 aromatic carbocycles. The molecule has 3 fully saturated rings. The molecule has 138 valence electrons. The second-order valence-corrected chi connectivity index (χ2v) is 8.33. The Bertz CT molecular complexity index is 507. The lowest BCUT2D eigenvalue weighted by molar-refractivity contribution is 0.141. The Morgan fingerprint density at radius 3 is 2.24 bits per heavy atom. The minimum atomic E-state index is 0.694. The number of likely N-dealkylation sites (tertiary alicyclic amines) is 1. The minimum absolute atomic E-state index is 0.694. The van der Waals surface area contributed by atoms with Gasteiger partial charge < -0.3 is 15.1 Å². The quantitative estimate of drug-likeness (QED) is 0.898. The van der Waals surface area contributed by atoms with Crippen LogP contribution in [-0.4, -0.2) is 49.7 Å². The summed E-state index contributed by atoms with van der Waals surface area (Å²) < 4.78 is 0. The largest absolute Gasteiger partial charge is 0.371 e. The number of piperidine rings is 3. The summed E-state index contributed by atoms with van der Waals surface area (Å²) in [6.07, 6.45) is 12.2. The molecule has 3 heteroatoms. The Labute approximate surface area is 153 Å². The lowest BCUT2D eigenvalue weighted by atomic mass is 9.97. The maximum atomic E-state index is 3.67. The summed E-state index contributed by atoms with van der Waals surface area (Å²) in [6, 6.07) is 11.0. The third-order valence-electron chi connectivity index (χ3n) is 6.57. The normalized spacial score (nSPS) is 26.7. The molecule has 0 saturated carbocycles. The van der Waals surface area contributed by atoms with Crippen LogP contribution in [0.5, 0.6) is 0 Å². The highest BCUT2D eigenvalue weighted by Gasteiger charge is 2.25. The molecule has 3 saturated heterocycles. The predicted octanol–water partition coefficient (Wildman–Crippen LogP) is 3.83. The van der Waals surface area contributed by atoms with Crippen molar-refractivity contribution in [1.82, 2.24) is 10.2 Å². The van der Waals surface area contributed by atoms with E-state index in [0.717, 1.165) is 6.04 Å². The number of rotatable bonds is 4. The second kappa shape index (κ2) is 8.55. The molecule has 0 aliphatic carbocycles. The van der Waals surface area contributed by atoms with Gasteiger partial charge in [0.1, 0.15) is 0 Å². The Balaban J connectivity index is 1.27. The molecular formula is C22H35N3. The van der Waals surface area contributed by atoms with Crippen molar-refractivity contribution in [2.75, 3.05) is 37.6 Å². The molecule has 0 radical (unpaired) electrons. The zero-order valence-corrected chi connectivity index (χ0v) is 15.8. The third kappa shape index (κ3) is 4.57. The summed E-state index contributed by atoms with van der Waals surface area (Å²) in [7, 11) is 0. The van der Waals surface area contributed by atoms with Gasteiger partial charge in [-0.15, -0.1) is 0 Å². The molecule has 0 spiro atoms. The average molecular weight is 342 g/mol. The van der Waals surface area contributed by atoms with E-state index in [0.29, 0.717) is 6.04 Å². The van der Waals surface area contributed by atoms with E-state index >= 15 is 0 Å². The first-order chi connectivity index (χ1) is 12.4. The zero-order chi connectivity index (χ0) is 16.9. The first-order valence-corrected chi connectivity index (χ1v) is 10.7. The summed E-state index contributed by atoms with van der Waals surface area (Å²) in [5, 5.41) is 3.67. The molecule has 0 amide bonds. The number of benzene rings is 1. The highest BCUT2D eigenvalue weighted by Crippen LogP contribution is 2.25. The van der Waals surface area contributed by atoms with Crippen molar-refractivity contribution in [3.05, 3.63) is 29.8 Å². The van der Waals surface area contributed by atoms with Crippen LogP contribution in [0.2, 0.25) is 0 Å².